The van der Waals surface area contributed by atoms with Crippen LogP contribution < -0.4 is 16.6 Å². The minimum Gasteiger partial charge on any atom is -0.449 e. The number of hydrogen-bond acceptors (Lipinski definition) is 5. The van der Waals surface area contributed by atoms with Crippen molar-refractivity contribution in [3.63, 3.8) is 0 Å². The molecule has 1 unspecified atom stereocenters. The van der Waals surface area contributed by atoms with Gasteiger partial charge in [-0.15, -0.1) is 0 Å². The van der Waals surface area contributed by atoms with Crippen LogP contribution in [0, 0.1) is 5.92 Å². The predicted molar refractivity (Wildman–Crippen MR) is 101 cm³/mol. The molecular weight excluding hydrogens is 350 g/mol. The van der Waals surface area contributed by atoms with Crippen LogP contribution >= 0.6 is 0 Å². The lowest BCUT2D eigenvalue weighted by molar-refractivity contribution is -0.150. The summed E-state index contributed by atoms with van der Waals surface area (Å²) in [6, 6.07) is 0. The molecule has 148 valence electrons. The third-order valence-electron chi connectivity index (χ3n) is 4.82. The molecule has 1 aromatic heterocycles. The molecule has 2 rings (SSSR count). The van der Waals surface area contributed by atoms with Crippen LogP contribution in [0.1, 0.15) is 44.6 Å². The molecule has 1 N–H and O–H groups in total. The summed E-state index contributed by atoms with van der Waals surface area (Å²) in [5, 5.41) is 2.83. The number of esters is 1. The second-order valence-corrected chi connectivity index (χ2v) is 7.00. The highest BCUT2D eigenvalue weighted by Crippen LogP contribution is 2.22. The van der Waals surface area contributed by atoms with Gasteiger partial charge in [0.25, 0.3) is 11.5 Å². The van der Waals surface area contributed by atoms with Crippen LogP contribution in [-0.4, -0.2) is 33.7 Å². The van der Waals surface area contributed by atoms with Crippen LogP contribution in [0.4, 0.5) is 0 Å². The van der Waals surface area contributed by atoms with Gasteiger partial charge in [-0.2, -0.15) is 0 Å². The summed E-state index contributed by atoms with van der Waals surface area (Å²) in [6.07, 6.45) is 8.65. The molecule has 1 saturated carbocycles. The Morgan fingerprint density at radius 2 is 1.93 bits per heavy atom. The SMILES string of the molecule is CC(OC(=O)/C=C/c1cn(C)c(=O)n(C)c1=O)C(=O)NCC1CCCCC1. The van der Waals surface area contributed by atoms with Gasteiger partial charge >= 0.3 is 11.7 Å². The molecule has 8 nitrogen and oxygen atoms in total. The molecular formula is C19H27N3O5. The van der Waals surface area contributed by atoms with Gasteiger partial charge in [0.2, 0.25) is 0 Å². The minimum atomic E-state index is -0.922. The Labute approximate surface area is 157 Å². The van der Waals surface area contributed by atoms with E-state index in [0.717, 1.165) is 23.5 Å². The van der Waals surface area contributed by atoms with Gasteiger partial charge in [0, 0.05) is 32.9 Å². The van der Waals surface area contributed by atoms with E-state index in [2.05, 4.69) is 5.32 Å². The molecule has 8 heteroatoms. The standard InChI is InChI=1S/C19H27N3O5/c1-13(17(24)20-11-14-7-5-4-6-8-14)27-16(23)10-9-15-12-21(2)19(26)22(3)18(15)25/h9-10,12-14H,4-8,11H2,1-3H3,(H,20,24)/b10-9+. The topological polar surface area (TPSA) is 99.4 Å². The number of nitrogens with zero attached hydrogens (tertiary/aromatic N) is 2. The fourth-order valence-electron chi connectivity index (χ4n) is 3.16. The van der Waals surface area contributed by atoms with Crippen molar-refractivity contribution in [1.82, 2.24) is 14.5 Å². The van der Waals surface area contributed by atoms with Crippen molar-refractivity contribution in [2.45, 2.75) is 45.1 Å². The fourth-order valence-corrected chi connectivity index (χ4v) is 3.16. The first kappa shape index (κ1) is 20.7. The number of carbonyl (C=O) groups is 2. The average molecular weight is 377 g/mol. The van der Waals surface area contributed by atoms with E-state index in [1.54, 1.807) is 0 Å². The maximum absolute atomic E-state index is 12.1. The van der Waals surface area contributed by atoms with Crippen molar-refractivity contribution in [2.24, 2.45) is 20.0 Å². The third-order valence-corrected chi connectivity index (χ3v) is 4.82. The van der Waals surface area contributed by atoms with Crippen LogP contribution in [0.25, 0.3) is 6.08 Å². The number of ether oxygens (including phenoxy) is 1. The van der Waals surface area contributed by atoms with E-state index in [9.17, 15) is 19.2 Å². The smallest absolute Gasteiger partial charge is 0.331 e. The number of aromatic nitrogens is 2. The van der Waals surface area contributed by atoms with Crippen LogP contribution in [-0.2, 0) is 28.4 Å². The molecule has 0 radical (unpaired) electrons. The van der Waals surface area contributed by atoms with Gasteiger partial charge in [-0.05, 0) is 31.8 Å². The first-order valence-corrected chi connectivity index (χ1v) is 9.22. The largest absolute Gasteiger partial charge is 0.449 e. The Morgan fingerprint density at radius 1 is 1.26 bits per heavy atom. The molecule has 27 heavy (non-hydrogen) atoms. The molecule has 0 spiro atoms. The highest BCUT2D eigenvalue weighted by Gasteiger charge is 2.19. The summed E-state index contributed by atoms with van der Waals surface area (Å²) >= 11 is 0. The number of hydrogen-bond donors (Lipinski definition) is 1. The Bertz CT molecular complexity index is 831. The van der Waals surface area contributed by atoms with Crippen LogP contribution in [0.3, 0.4) is 0 Å². The molecule has 1 fully saturated rings. The van der Waals surface area contributed by atoms with Gasteiger partial charge in [-0.1, -0.05) is 19.3 Å². The summed E-state index contributed by atoms with van der Waals surface area (Å²) in [5.41, 5.74) is -0.797. The van der Waals surface area contributed by atoms with E-state index < -0.39 is 23.3 Å². The molecule has 1 aliphatic carbocycles. The normalized spacial score (nSPS) is 16.3. The van der Waals surface area contributed by atoms with Crippen molar-refractivity contribution < 1.29 is 14.3 Å². The van der Waals surface area contributed by atoms with Gasteiger partial charge in [-0.3, -0.25) is 14.2 Å². The first-order chi connectivity index (χ1) is 12.8. The molecule has 0 aromatic carbocycles. The lowest BCUT2D eigenvalue weighted by atomic mass is 9.89. The van der Waals surface area contributed by atoms with Gasteiger partial charge in [0.15, 0.2) is 6.10 Å². The van der Waals surface area contributed by atoms with Gasteiger partial charge < -0.3 is 14.6 Å². The van der Waals surface area contributed by atoms with Gasteiger partial charge in [0.1, 0.15) is 0 Å². The lowest BCUT2D eigenvalue weighted by Crippen LogP contribution is -2.38. The summed E-state index contributed by atoms with van der Waals surface area (Å²) in [7, 11) is 2.87. The minimum absolute atomic E-state index is 0.172. The predicted octanol–water partition coefficient (Wildman–Crippen LogP) is 0.725. The number of nitrogens with one attached hydrogen (secondary N) is 1. The molecule has 0 aliphatic heterocycles. The summed E-state index contributed by atoms with van der Waals surface area (Å²) in [5.74, 6) is -0.571. The zero-order valence-electron chi connectivity index (χ0n) is 16.1. The molecule has 1 aromatic rings. The number of rotatable bonds is 6. The van der Waals surface area contributed by atoms with Crippen LogP contribution in [0.5, 0.6) is 0 Å². The monoisotopic (exact) mass is 377 g/mol. The highest BCUT2D eigenvalue weighted by molar-refractivity contribution is 5.90. The fraction of sp³-hybridized carbons (Fsp3) is 0.579. The molecule has 1 atom stereocenters. The van der Waals surface area contributed by atoms with Crippen molar-refractivity contribution in [1.29, 1.82) is 0 Å². The Kier molecular flexibility index (Phi) is 7.15. The van der Waals surface area contributed by atoms with E-state index in [-0.39, 0.29) is 11.5 Å². The average Bonchev–Trinajstić information content (AvgIpc) is 2.66. The van der Waals surface area contributed by atoms with Crippen molar-refractivity contribution >= 4 is 18.0 Å². The van der Waals surface area contributed by atoms with Crippen molar-refractivity contribution in [3.05, 3.63) is 38.7 Å². The molecule has 0 bridgehead atoms. The first-order valence-electron chi connectivity index (χ1n) is 9.22. The van der Waals surface area contributed by atoms with E-state index in [4.69, 9.17) is 4.74 Å². The molecule has 1 heterocycles. The molecule has 0 saturated heterocycles. The lowest BCUT2D eigenvalue weighted by Gasteiger charge is -2.22. The summed E-state index contributed by atoms with van der Waals surface area (Å²) in [4.78, 5) is 47.6. The van der Waals surface area contributed by atoms with E-state index in [0.29, 0.717) is 12.5 Å². The Hall–Kier alpha value is -2.64. The quantitative estimate of drug-likeness (QED) is 0.582. The van der Waals surface area contributed by atoms with Gasteiger partial charge in [-0.25, -0.2) is 9.59 Å². The van der Waals surface area contributed by atoms with Crippen molar-refractivity contribution in [2.75, 3.05) is 6.54 Å². The van der Waals surface area contributed by atoms with Crippen LogP contribution in [0.2, 0.25) is 0 Å². The maximum Gasteiger partial charge on any atom is 0.331 e. The maximum atomic E-state index is 12.1. The number of amides is 1. The van der Waals surface area contributed by atoms with E-state index >= 15 is 0 Å². The van der Waals surface area contributed by atoms with Crippen molar-refractivity contribution in [3.8, 4) is 0 Å². The van der Waals surface area contributed by atoms with Crippen LogP contribution in [0.15, 0.2) is 21.9 Å². The van der Waals surface area contributed by atoms with E-state index in [1.165, 1.54) is 57.1 Å². The molecule has 1 amide bonds. The number of carbonyl (C=O) groups excluding carboxylic acids is 2. The summed E-state index contributed by atoms with van der Waals surface area (Å²) < 4.78 is 7.28. The number of aryl methyl sites for hydroxylation is 1. The Morgan fingerprint density at radius 3 is 2.59 bits per heavy atom. The van der Waals surface area contributed by atoms with E-state index in [1.807, 2.05) is 0 Å². The second-order valence-electron chi connectivity index (χ2n) is 7.00. The zero-order chi connectivity index (χ0) is 20.0. The highest BCUT2D eigenvalue weighted by atomic mass is 16.5. The third kappa shape index (κ3) is 5.67. The Balaban J connectivity index is 1.89. The zero-order valence-corrected chi connectivity index (χ0v) is 16.1. The molecule has 1 aliphatic rings. The second kappa shape index (κ2) is 9.34. The van der Waals surface area contributed by atoms with Gasteiger partial charge in [0.05, 0.1) is 5.56 Å². The summed E-state index contributed by atoms with van der Waals surface area (Å²) in [6.45, 7) is 2.11.